The summed E-state index contributed by atoms with van der Waals surface area (Å²) in [5.41, 5.74) is 10.2. The van der Waals surface area contributed by atoms with Crippen molar-refractivity contribution < 1.29 is 4.79 Å². The molecule has 3 heterocycles. The highest BCUT2D eigenvalue weighted by Gasteiger charge is 2.27. The molecule has 1 amide bonds. The van der Waals surface area contributed by atoms with Crippen molar-refractivity contribution in [2.45, 2.75) is 39.9 Å². The number of carbonyl (C=O) groups excluding carboxylic acids is 1. The maximum Gasteiger partial charge on any atom is 0.227 e. The molecule has 5 rings (SSSR count). The van der Waals surface area contributed by atoms with E-state index in [-0.39, 0.29) is 5.91 Å². The van der Waals surface area contributed by atoms with Gasteiger partial charge < -0.3 is 4.90 Å². The Morgan fingerprint density at radius 3 is 2.69 bits per heavy atom. The summed E-state index contributed by atoms with van der Waals surface area (Å²) < 4.78 is 0. The average molecular weight is 381 g/mol. The van der Waals surface area contributed by atoms with Gasteiger partial charge in [-0.05, 0) is 54.3 Å². The zero-order valence-corrected chi connectivity index (χ0v) is 16.8. The zero-order valence-electron chi connectivity index (χ0n) is 16.8. The fraction of sp³-hybridized carbons (Fsp3) is 0.240. The Labute approximate surface area is 170 Å². The number of hydrogen-bond donors (Lipinski definition) is 0. The van der Waals surface area contributed by atoms with Gasteiger partial charge in [0.15, 0.2) is 0 Å². The number of fused-ring (bicyclic) bond motifs is 2. The normalized spacial score (nSPS) is 15.2. The molecule has 4 heteroatoms. The third-order valence-corrected chi connectivity index (χ3v) is 5.78. The van der Waals surface area contributed by atoms with Gasteiger partial charge in [-0.2, -0.15) is 0 Å². The standard InChI is InChI=1S/C25H23N3O/c1-16-4-3-5-18(8-16)14-28-15-22-10-23-21(9-20(22)11-24(28)29)13-27-25(23)19-7-6-17(2)26-12-19/h3-10,12H,11,13-15H2,1-2H3. The molecule has 0 radical (unpaired) electrons. The van der Waals surface area contributed by atoms with Crippen molar-refractivity contribution in [2.24, 2.45) is 4.99 Å². The van der Waals surface area contributed by atoms with E-state index >= 15 is 0 Å². The predicted molar refractivity (Wildman–Crippen MR) is 114 cm³/mol. The first-order chi connectivity index (χ1) is 14.1. The lowest BCUT2D eigenvalue weighted by Crippen LogP contribution is -2.35. The summed E-state index contributed by atoms with van der Waals surface area (Å²) in [6.07, 6.45) is 2.37. The molecule has 3 aromatic rings. The Balaban J connectivity index is 1.45. The molecule has 29 heavy (non-hydrogen) atoms. The van der Waals surface area contributed by atoms with E-state index in [1.807, 2.05) is 24.1 Å². The number of amides is 1. The van der Waals surface area contributed by atoms with Crippen molar-refractivity contribution in [3.63, 3.8) is 0 Å². The van der Waals surface area contributed by atoms with Crippen LogP contribution in [0, 0.1) is 13.8 Å². The minimum atomic E-state index is 0.195. The molecule has 0 atom stereocenters. The van der Waals surface area contributed by atoms with E-state index in [2.05, 4.69) is 54.4 Å². The first-order valence-electron chi connectivity index (χ1n) is 10.0. The first-order valence-corrected chi connectivity index (χ1v) is 10.0. The molecule has 0 aliphatic carbocycles. The smallest absolute Gasteiger partial charge is 0.227 e. The maximum atomic E-state index is 12.8. The second-order valence-corrected chi connectivity index (χ2v) is 8.05. The van der Waals surface area contributed by atoms with Gasteiger partial charge in [-0.1, -0.05) is 35.9 Å². The summed E-state index contributed by atoms with van der Waals surface area (Å²) in [5.74, 6) is 0.195. The van der Waals surface area contributed by atoms with Crippen molar-refractivity contribution in [3.05, 3.63) is 99.4 Å². The lowest BCUT2D eigenvalue weighted by atomic mass is 9.91. The number of aliphatic imine (C=N–C) groups is 1. The molecule has 2 aliphatic rings. The second-order valence-electron chi connectivity index (χ2n) is 8.05. The van der Waals surface area contributed by atoms with Gasteiger partial charge >= 0.3 is 0 Å². The minimum Gasteiger partial charge on any atom is -0.334 e. The van der Waals surface area contributed by atoms with Gasteiger partial charge in [0.2, 0.25) is 5.91 Å². The number of benzene rings is 2. The largest absolute Gasteiger partial charge is 0.334 e. The summed E-state index contributed by atoms with van der Waals surface area (Å²) in [6.45, 7) is 6.05. The van der Waals surface area contributed by atoms with Crippen LogP contribution in [0.25, 0.3) is 0 Å². The van der Waals surface area contributed by atoms with Crippen LogP contribution in [0.3, 0.4) is 0 Å². The van der Waals surface area contributed by atoms with Crippen LogP contribution in [0.2, 0.25) is 0 Å². The van der Waals surface area contributed by atoms with Gasteiger partial charge in [0.05, 0.1) is 18.7 Å². The summed E-state index contributed by atoms with van der Waals surface area (Å²) in [6, 6.07) is 16.9. The highest BCUT2D eigenvalue weighted by Crippen LogP contribution is 2.30. The van der Waals surface area contributed by atoms with E-state index in [4.69, 9.17) is 4.99 Å². The molecule has 0 bridgehead atoms. The fourth-order valence-corrected chi connectivity index (χ4v) is 4.25. The monoisotopic (exact) mass is 381 g/mol. The minimum absolute atomic E-state index is 0.195. The van der Waals surface area contributed by atoms with Crippen LogP contribution in [0.5, 0.6) is 0 Å². The number of hydrogen-bond acceptors (Lipinski definition) is 3. The molecule has 2 aromatic carbocycles. The van der Waals surface area contributed by atoms with Gasteiger partial charge in [-0.25, -0.2) is 0 Å². The summed E-state index contributed by atoms with van der Waals surface area (Å²) in [5, 5.41) is 0. The van der Waals surface area contributed by atoms with Crippen LogP contribution in [-0.4, -0.2) is 21.5 Å². The van der Waals surface area contributed by atoms with E-state index in [0.29, 0.717) is 26.1 Å². The number of pyridine rings is 1. The van der Waals surface area contributed by atoms with E-state index < -0.39 is 0 Å². The van der Waals surface area contributed by atoms with Crippen LogP contribution < -0.4 is 0 Å². The van der Waals surface area contributed by atoms with Gasteiger partial charge in [0.1, 0.15) is 0 Å². The van der Waals surface area contributed by atoms with E-state index in [1.54, 1.807) is 0 Å². The van der Waals surface area contributed by atoms with Crippen molar-refractivity contribution in [1.82, 2.24) is 9.88 Å². The Morgan fingerprint density at radius 1 is 1.00 bits per heavy atom. The summed E-state index contributed by atoms with van der Waals surface area (Å²) >= 11 is 0. The molecular weight excluding hydrogens is 358 g/mol. The topological polar surface area (TPSA) is 45.6 Å². The molecule has 0 unspecified atom stereocenters. The van der Waals surface area contributed by atoms with Gasteiger partial charge in [0.25, 0.3) is 0 Å². The highest BCUT2D eigenvalue weighted by molar-refractivity contribution is 6.15. The summed E-state index contributed by atoms with van der Waals surface area (Å²) in [7, 11) is 0. The molecule has 2 aliphatic heterocycles. The molecular formula is C25H23N3O. The number of carbonyl (C=O) groups is 1. The Bertz CT molecular complexity index is 1150. The number of nitrogens with zero attached hydrogens (tertiary/aromatic N) is 3. The molecule has 0 saturated carbocycles. The zero-order chi connectivity index (χ0) is 20.0. The Morgan fingerprint density at radius 2 is 1.90 bits per heavy atom. The molecule has 0 fully saturated rings. The van der Waals surface area contributed by atoms with Gasteiger partial charge in [-0.15, -0.1) is 0 Å². The van der Waals surface area contributed by atoms with E-state index in [0.717, 1.165) is 22.5 Å². The number of aromatic nitrogens is 1. The fourth-order valence-electron chi connectivity index (χ4n) is 4.25. The van der Waals surface area contributed by atoms with Crippen molar-refractivity contribution >= 4 is 11.6 Å². The molecule has 0 N–H and O–H groups in total. The van der Waals surface area contributed by atoms with Crippen LogP contribution in [0.15, 0.2) is 59.7 Å². The van der Waals surface area contributed by atoms with Crippen LogP contribution >= 0.6 is 0 Å². The molecule has 144 valence electrons. The van der Waals surface area contributed by atoms with Crippen LogP contribution in [0.1, 0.15) is 44.6 Å². The Kier molecular flexibility index (Phi) is 4.27. The quantitative estimate of drug-likeness (QED) is 0.685. The molecule has 0 saturated heterocycles. The third kappa shape index (κ3) is 3.35. The van der Waals surface area contributed by atoms with Crippen LogP contribution in [0.4, 0.5) is 0 Å². The van der Waals surface area contributed by atoms with Crippen LogP contribution in [-0.2, 0) is 30.8 Å². The van der Waals surface area contributed by atoms with Crippen molar-refractivity contribution in [1.29, 1.82) is 0 Å². The number of aryl methyl sites for hydroxylation is 2. The SMILES string of the molecule is Cc1cccc(CN2Cc3cc4c(cc3CC2=O)CN=C4c2ccc(C)nc2)c1. The maximum absolute atomic E-state index is 12.8. The van der Waals surface area contributed by atoms with Crippen molar-refractivity contribution in [3.8, 4) is 0 Å². The number of rotatable bonds is 3. The Hall–Kier alpha value is -3.27. The molecule has 1 aromatic heterocycles. The lowest BCUT2D eigenvalue weighted by molar-refractivity contribution is -0.132. The first kappa shape index (κ1) is 17.8. The molecule has 4 nitrogen and oxygen atoms in total. The summed E-state index contributed by atoms with van der Waals surface area (Å²) in [4.78, 5) is 23.9. The highest BCUT2D eigenvalue weighted by atomic mass is 16.2. The average Bonchev–Trinajstić information content (AvgIpc) is 3.10. The molecule has 0 spiro atoms. The predicted octanol–water partition coefficient (Wildman–Crippen LogP) is 4.13. The van der Waals surface area contributed by atoms with E-state index in [9.17, 15) is 4.79 Å². The van der Waals surface area contributed by atoms with Gasteiger partial charge in [0, 0.05) is 36.1 Å². The van der Waals surface area contributed by atoms with Crippen molar-refractivity contribution in [2.75, 3.05) is 0 Å². The second kappa shape index (κ2) is 6.96. The van der Waals surface area contributed by atoms with E-state index in [1.165, 1.54) is 27.8 Å². The van der Waals surface area contributed by atoms with Gasteiger partial charge in [-0.3, -0.25) is 14.8 Å². The third-order valence-electron chi connectivity index (χ3n) is 5.78. The lowest BCUT2D eigenvalue weighted by Gasteiger charge is -2.29.